The van der Waals surface area contributed by atoms with Crippen LogP contribution in [0, 0.1) is 0 Å². The molecule has 0 saturated heterocycles. The molecule has 0 bridgehead atoms. The first-order valence-corrected chi connectivity index (χ1v) is 11.9. The zero-order valence-corrected chi connectivity index (χ0v) is 18.5. The van der Waals surface area contributed by atoms with Gasteiger partial charge in [0.2, 0.25) is 0 Å². The quantitative estimate of drug-likeness (QED) is 0.194. The van der Waals surface area contributed by atoms with Crippen molar-refractivity contribution in [3.63, 3.8) is 0 Å². The van der Waals surface area contributed by atoms with E-state index in [1.54, 1.807) is 21.3 Å². The molecule has 7 heteroatoms. The van der Waals surface area contributed by atoms with Crippen LogP contribution in [0.5, 0.6) is 0 Å². The third kappa shape index (κ3) is 10.0. The monoisotopic (exact) mass is 377 g/mol. The standard InChI is InChI=1S/C18H43N3O3Si/c1-7-10-14-19-18(20-15-11-8-2,21-16-12-9-3)13-17-25(22-4,23-5)24-6/h19-21H,7-17H2,1-6H3. The van der Waals surface area contributed by atoms with E-state index >= 15 is 0 Å². The van der Waals surface area contributed by atoms with E-state index in [0.717, 1.165) is 51.4 Å². The van der Waals surface area contributed by atoms with Gasteiger partial charge in [-0.15, -0.1) is 0 Å². The second kappa shape index (κ2) is 15.1. The van der Waals surface area contributed by atoms with Crippen LogP contribution in [-0.2, 0) is 13.3 Å². The summed E-state index contributed by atoms with van der Waals surface area (Å²) in [6.07, 6.45) is 7.88. The van der Waals surface area contributed by atoms with E-state index in [0.29, 0.717) is 0 Å². The van der Waals surface area contributed by atoms with Gasteiger partial charge in [0.15, 0.2) is 0 Å². The Hall–Kier alpha value is -0.0231. The van der Waals surface area contributed by atoms with Crippen LogP contribution in [0.15, 0.2) is 0 Å². The summed E-state index contributed by atoms with van der Waals surface area (Å²) in [5.74, 6) is -0.298. The Kier molecular flexibility index (Phi) is 15.1. The van der Waals surface area contributed by atoms with Crippen molar-refractivity contribution in [3.8, 4) is 0 Å². The molecule has 0 aromatic heterocycles. The van der Waals surface area contributed by atoms with E-state index in [-0.39, 0.29) is 5.79 Å². The summed E-state index contributed by atoms with van der Waals surface area (Å²) >= 11 is 0. The van der Waals surface area contributed by atoms with Crippen LogP contribution < -0.4 is 16.0 Å². The molecule has 0 rings (SSSR count). The number of unbranched alkanes of at least 4 members (excludes halogenated alkanes) is 3. The van der Waals surface area contributed by atoms with Crippen LogP contribution in [0.4, 0.5) is 0 Å². The lowest BCUT2D eigenvalue weighted by atomic mass is 10.2. The van der Waals surface area contributed by atoms with E-state index < -0.39 is 8.80 Å². The average molecular weight is 378 g/mol. The largest absolute Gasteiger partial charge is 0.500 e. The Morgan fingerprint density at radius 1 is 0.680 bits per heavy atom. The molecule has 25 heavy (non-hydrogen) atoms. The fourth-order valence-electron chi connectivity index (χ4n) is 2.79. The fourth-order valence-corrected chi connectivity index (χ4v) is 4.58. The maximum absolute atomic E-state index is 5.62. The van der Waals surface area contributed by atoms with Crippen molar-refractivity contribution in [2.75, 3.05) is 41.0 Å². The topological polar surface area (TPSA) is 63.8 Å². The second-order valence-corrected chi connectivity index (χ2v) is 9.63. The van der Waals surface area contributed by atoms with Crippen LogP contribution in [-0.4, -0.2) is 55.6 Å². The third-order valence-electron chi connectivity index (χ3n) is 4.61. The first kappa shape index (κ1) is 25.0. The Balaban J connectivity index is 5.08. The minimum Gasteiger partial charge on any atom is -0.377 e. The minimum absolute atomic E-state index is 0.298. The van der Waals surface area contributed by atoms with Gasteiger partial charge in [-0.25, -0.2) is 0 Å². The van der Waals surface area contributed by atoms with Gasteiger partial charge in [-0.1, -0.05) is 40.0 Å². The highest BCUT2D eigenvalue weighted by Gasteiger charge is 2.41. The van der Waals surface area contributed by atoms with Crippen molar-refractivity contribution in [2.45, 2.75) is 77.5 Å². The zero-order chi connectivity index (χ0) is 19.0. The molecule has 0 aliphatic rings. The van der Waals surface area contributed by atoms with Crippen molar-refractivity contribution in [1.82, 2.24) is 16.0 Å². The van der Waals surface area contributed by atoms with Gasteiger partial charge < -0.3 is 13.3 Å². The second-order valence-electron chi connectivity index (χ2n) is 6.54. The minimum atomic E-state index is -2.59. The summed E-state index contributed by atoms with van der Waals surface area (Å²) in [5.41, 5.74) is 0. The fraction of sp³-hybridized carbons (Fsp3) is 1.00. The SMILES string of the molecule is CCCCNC(CC[Si](OC)(OC)OC)(NCCCC)NCCCC. The number of hydrogen-bond acceptors (Lipinski definition) is 6. The van der Waals surface area contributed by atoms with Crippen molar-refractivity contribution in [3.05, 3.63) is 0 Å². The molecule has 6 nitrogen and oxygen atoms in total. The smallest absolute Gasteiger partial charge is 0.377 e. The Labute approximate surface area is 157 Å². The molecule has 0 radical (unpaired) electrons. The first-order chi connectivity index (χ1) is 12.1. The molecule has 0 unspecified atom stereocenters. The van der Waals surface area contributed by atoms with Crippen LogP contribution in [0.25, 0.3) is 0 Å². The third-order valence-corrected chi connectivity index (χ3v) is 7.34. The molecule has 0 aromatic rings. The predicted octanol–water partition coefficient (Wildman–Crippen LogP) is 3.08. The Bertz CT molecular complexity index is 270. The van der Waals surface area contributed by atoms with E-state index in [9.17, 15) is 0 Å². The van der Waals surface area contributed by atoms with Gasteiger partial charge in [0.25, 0.3) is 0 Å². The van der Waals surface area contributed by atoms with Gasteiger partial charge in [-0.3, -0.25) is 16.0 Å². The highest BCUT2D eigenvalue weighted by molar-refractivity contribution is 6.60. The maximum Gasteiger partial charge on any atom is 0.500 e. The van der Waals surface area contributed by atoms with Gasteiger partial charge in [0.1, 0.15) is 5.79 Å². The lowest BCUT2D eigenvalue weighted by Crippen LogP contribution is -2.67. The molecule has 0 saturated carbocycles. The lowest BCUT2D eigenvalue weighted by molar-refractivity contribution is 0.111. The van der Waals surface area contributed by atoms with E-state index in [1.165, 1.54) is 19.3 Å². The van der Waals surface area contributed by atoms with E-state index in [2.05, 4.69) is 36.7 Å². The van der Waals surface area contributed by atoms with Crippen molar-refractivity contribution in [2.24, 2.45) is 0 Å². The summed E-state index contributed by atoms with van der Waals surface area (Å²) in [7, 11) is 2.45. The molecule has 3 N–H and O–H groups in total. The maximum atomic E-state index is 5.62. The Morgan fingerprint density at radius 2 is 1.04 bits per heavy atom. The van der Waals surface area contributed by atoms with E-state index in [1.807, 2.05) is 0 Å². The van der Waals surface area contributed by atoms with Gasteiger partial charge in [0.05, 0.1) is 0 Å². The molecular weight excluding hydrogens is 334 g/mol. The molecule has 0 aliphatic carbocycles. The average Bonchev–Trinajstić information content (AvgIpc) is 2.64. The summed E-state index contributed by atoms with van der Waals surface area (Å²) < 4.78 is 16.9. The van der Waals surface area contributed by atoms with Crippen LogP contribution in [0.3, 0.4) is 0 Å². The molecule has 0 fully saturated rings. The van der Waals surface area contributed by atoms with E-state index in [4.69, 9.17) is 13.3 Å². The zero-order valence-electron chi connectivity index (χ0n) is 17.5. The summed E-state index contributed by atoms with van der Waals surface area (Å²) in [6, 6.07) is 0.758. The number of nitrogens with one attached hydrogen (secondary N) is 3. The highest BCUT2D eigenvalue weighted by atomic mass is 28.4. The Morgan fingerprint density at radius 3 is 1.32 bits per heavy atom. The highest BCUT2D eigenvalue weighted by Crippen LogP contribution is 2.20. The van der Waals surface area contributed by atoms with Crippen molar-refractivity contribution in [1.29, 1.82) is 0 Å². The molecule has 0 aromatic carbocycles. The predicted molar refractivity (Wildman–Crippen MR) is 108 cm³/mol. The van der Waals surface area contributed by atoms with Crippen LogP contribution >= 0.6 is 0 Å². The normalized spacial score (nSPS) is 12.7. The van der Waals surface area contributed by atoms with Gasteiger partial charge in [-0.05, 0) is 45.3 Å². The van der Waals surface area contributed by atoms with Crippen LogP contribution in [0.1, 0.15) is 65.7 Å². The van der Waals surface area contributed by atoms with Gasteiger partial charge >= 0.3 is 8.80 Å². The molecule has 0 atom stereocenters. The van der Waals surface area contributed by atoms with Crippen LogP contribution in [0.2, 0.25) is 6.04 Å². The molecular formula is C18H43N3O3Si. The summed E-state index contributed by atoms with van der Waals surface area (Å²) in [4.78, 5) is 0. The molecule has 152 valence electrons. The molecule has 0 spiro atoms. The van der Waals surface area contributed by atoms with Gasteiger partial charge in [-0.2, -0.15) is 0 Å². The van der Waals surface area contributed by atoms with Crippen molar-refractivity contribution < 1.29 is 13.3 Å². The summed E-state index contributed by atoms with van der Waals surface area (Å²) in [6.45, 7) is 9.61. The van der Waals surface area contributed by atoms with Crippen molar-refractivity contribution >= 4 is 8.80 Å². The first-order valence-electron chi connectivity index (χ1n) is 9.98. The molecule has 0 heterocycles. The van der Waals surface area contributed by atoms with Gasteiger partial charge in [0, 0.05) is 27.4 Å². The summed E-state index contributed by atoms with van der Waals surface area (Å²) in [5, 5.41) is 11.2. The molecule has 0 amide bonds. The lowest BCUT2D eigenvalue weighted by Gasteiger charge is -2.39. The number of rotatable bonds is 18. The molecule has 0 aliphatic heterocycles. The number of hydrogen-bond donors (Lipinski definition) is 3.